The molecule has 0 saturated heterocycles. The van der Waals surface area contributed by atoms with E-state index in [0.717, 1.165) is 19.3 Å². The molecule has 4 fully saturated rings. The largest absolute Gasteiger partial charge is 0.469 e. The number of Topliss-reactive ketones (excluding diaryl/α,β-unsaturated/α-hetero) is 1. The van der Waals surface area contributed by atoms with Crippen molar-refractivity contribution < 1.29 is 14.3 Å². The van der Waals surface area contributed by atoms with Crippen LogP contribution in [0.2, 0.25) is 0 Å². The molecule has 116 valence electrons. The van der Waals surface area contributed by atoms with Gasteiger partial charge in [-0.25, -0.2) is 0 Å². The van der Waals surface area contributed by atoms with Crippen LogP contribution >= 0.6 is 0 Å². The van der Waals surface area contributed by atoms with Crippen molar-refractivity contribution in [2.24, 2.45) is 22.7 Å². The molecule has 0 heterocycles. The molecule has 4 rings (SSSR count). The van der Waals surface area contributed by atoms with Crippen LogP contribution in [0, 0.1) is 22.7 Å². The lowest BCUT2D eigenvalue weighted by atomic mass is 9.42. The summed E-state index contributed by atoms with van der Waals surface area (Å²) in [6, 6.07) is 0. The van der Waals surface area contributed by atoms with E-state index in [9.17, 15) is 9.59 Å². The van der Waals surface area contributed by atoms with Gasteiger partial charge in [0.2, 0.25) is 0 Å². The van der Waals surface area contributed by atoms with E-state index in [1.807, 2.05) is 0 Å². The molecule has 0 aromatic rings. The quantitative estimate of drug-likeness (QED) is 0.588. The molecule has 0 aromatic heterocycles. The summed E-state index contributed by atoms with van der Waals surface area (Å²) in [6.07, 6.45) is 7.38. The van der Waals surface area contributed by atoms with Gasteiger partial charge >= 0.3 is 5.97 Å². The first-order valence-electron chi connectivity index (χ1n) is 8.19. The maximum absolute atomic E-state index is 12.7. The lowest BCUT2D eigenvalue weighted by Gasteiger charge is -2.61. The van der Waals surface area contributed by atoms with Gasteiger partial charge in [0.05, 0.1) is 7.11 Å². The molecule has 0 radical (unpaired) electrons. The Hall–Kier alpha value is -1.12. The topological polar surface area (TPSA) is 43.4 Å². The van der Waals surface area contributed by atoms with Crippen molar-refractivity contribution in [2.75, 3.05) is 7.11 Å². The zero-order valence-corrected chi connectivity index (χ0v) is 13.2. The summed E-state index contributed by atoms with van der Waals surface area (Å²) in [7, 11) is 1.42. The average Bonchev–Trinajstić information content (AvgIpc) is 2.49. The van der Waals surface area contributed by atoms with Gasteiger partial charge in [0.15, 0.2) is 0 Å². The summed E-state index contributed by atoms with van der Waals surface area (Å²) in [5, 5.41) is 0. The Labute approximate surface area is 127 Å². The normalized spacial score (nSPS) is 41.8. The maximum atomic E-state index is 12.7. The average molecular weight is 290 g/mol. The predicted molar refractivity (Wildman–Crippen MR) is 80.6 cm³/mol. The molecule has 3 nitrogen and oxygen atoms in total. The second-order valence-electron chi connectivity index (χ2n) is 7.64. The van der Waals surface area contributed by atoms with E-state index in [1.54, 1.807) is 0 Å². The molecule has 2 bridgehead atoms. The van der Waals surface area contributed by atoms with E-state index in [-0.39, 0.29) is 16.8 Å². The highest BCUT2D eigenvalue weighted by molar-refractivity contribution is 5.86. The van der Waals surface area contributed by atoms with Crippen LogP contribution in [0.1, 0.15) is 58.3 Å². The second kappa shape index (κ2) is 4.96. The first kappa shape index (κ1) is 14.8. The third-order valence-electron chi connectivity index (χ3n) is 6.74. The van der Waals surface area contributed by atoms with Crippen molar-refractivity contribution in [3.63, 3.8) is 0 Å². The number of hydrogen-bond donors (Lipinski definition) is 0. The molecule has 0 amide bonds. The second-order valence-corrected chi connectivity index (χ2v) is 7.64. The number of esters is 1. The standard InChI is InChI=1S/C18H26O3/c1-12-11-18-8-4-13(12)10-14(18)17(2,15(19)5-9-18)7-6-16(20)21-3/h13-14H,1,4-11H2,2-3H3/t13-,14-,17-,18+/m0/s1. The van der Waals surface area contributed by atoms with Crippen molar-refractivity contribution in [3.8, 4) is 0 Å². The number of allylic oxidation sites excluding steroid dienone is 1. The highest BCUT2D eigenvalue weighted by atomic mass is 16.5. The first-order chi connectivity index (χ1) is 9.91. The first-order valence-corrected chi connectivity index (χ1v) is 8.19. The number of ketones is 1. The van der Waals surface area contributed by atoms with Gasteiger partial charge in [-0.3, -0.25) is 9.59 Å². The Kier molecular flexibility index (Phi) is 3.50. The van der Waals surface area contributed by atoms with Gasteiger partial charge in [-0.2, -0.15) is 0 Å². The molecule has 4 aliphatic rings. The molecule has 4 aliphatic carbocycles. The van der Waals surface area contributed by atoms with Crippen molar-refractivity contribution in [3.05, 3.63) is 12.2 Å². The van der Waals surface area contributed by atoms with Gasteiger partial charge in [0.25, 0.3) is 0 Å². The van der Waals surface area contributed by atoms with Gasteiger partial charge in [-0.15, -0.1) is 0 Å². The van der Waals surface area contributed by atoms with Crippen LogP contribution in [-0.2, 0) is 14.3 Å². The summed E-state index contributed by atoms with van der Waals surface area (Å²) in [5.74, 6) is 1.19. The molecule has 0 aliphatic heterocycles. The molecule has 0 N–H and O–H groups in total. The molecule has 4 atom stereocenters. The monoisotopic (exact) mass is 290 g/mol. The molecule has 0 aromatic carbocycles. The SMILES string of the molecule is C=C1C[C@@]23CCC(=O)[C@@](C)(CCC(=O)OC)[C@@H]2C[C@@H]1CC3. The Morgan fingerprint density at radius 2 is 2.19 bits per heavy atom. The molecule has 1 spiro atoms. The van der Waals surface area contributed by atoms with Gasteiger partial charge in [-0.1, -0.05) is 19.1 Å². The number of fused-ring (bicyclic) bond motifs is 2. The zero-order chi connectivity index (χ0) is 15.3. The fourth-order valence-electron chi connectivity index (χ4n) is 5.41. The van der Waals surface area contributed by atoms with Crippen molar-refractivity contribution >= 4 is 11.8 Å². The Balaban J connectivity index is 1.87. The van der Waals surface area contributed by atoms with Crippen LogP contribution in [0.3, 0.4) is 0 Å². The van der Waals surface area contributed by atoms with E-state index in [1.165, 1.54) is 25.5 Å². The van der Waals surface area contributed by atoms with Crippen LogP contribution in [-0.4, -0.2) is 18.9 Å². The van der Waals surface area contributed by atoms with Gasteiger partial charge in [0, 0.05) is 18.3 Å². The van der Waals surface area contributed by atoms with E-state index >= 15 is 0 Å². The molecular weight excluding hydrogens is 264 g/mol. The van der Waals surface area contributed by atoms with Gasteiger partial charge in [0.1, 0.15) is 5.78 Å². The summed E-state index contributed by atoms with van der Waals surface area (Å²) in [4.78, 5) is 24.2. The van der Waals surface area contributed by atoms with Gasteiger partial charge < -0.3 is 4.74 Å². The highest BCUT2D eigenvalue weighted by Crippen LogP contribution is 2.66. The molecule has 3 heteroatoms. The van der Waals surface area contributed by atoms with Crippen molar-refractivity contribution in [1.82, 2.24) is 0 Å². The minimum absolute atomic E-state index is 0.200. The number of ether oxygens (including phenoxy) is 1. The predicted octanol–water partition coefficient (Wildman–Crippen LogP) is 3.67. The summed E-state index contributed by atoms with van der Waals surface area (Å²) in [5.41, 5.74) is 1.35. The maximum Gasteiger partial charge on any atom is 0.305 e. The molecule has 4 saturated carbocycles. The van der Waals surface area contributed by atoms with E-state index in [4.69, 9.17) is 4.74 Å². The number of hydrogen-bond acceptors (Lipinski definition) is 3. The summed E-state index contributed by atoms with van der Waals surface area (Å²) < 4.78 is 4.77. The Morgan fingerprint density at radius 1 is 1.43 bits per heavy atom. The molecule has 21 heavy (non-hydrogen) atoms. The van der Waals surface area contributed by atoms with E-state index in [0.29, 0.717) is 36.9 Å². The molecular formula is C18H26O3. The number of rotatable bonds is 3. The van der Waals surface area contributed by atoms with Crippen molar-refractivity contribution in [1.29, 1.82) is 0 Å². The highest BCUT2D eigenvalue weighted by Gasteiger charge is 2.59. The third-order valence-corrected chi connectivity index (χ3v) is 6.74. The Bertz CT molecular complexity index is 495. The lowest BCUT2D eigenvalue weighted by Crippen LogP contribution is -2.56. The van der Waals surface area contributed by atoms with Crippen LogP contribution in [0.15, 0.2) is 12.2 Å². The zero-order valence-electron chi connectivity index (χ0n) is 13.2. The minimum Gasteiger partial charge on any atom is -0.469 e. The lowest BCUT2D eigenvalue weighted by molar-refractivity contribution is -0.154. The molecule has 0 unspecified atom stereocenters. The smallest absolute Gasteiger partial charge is 0.305 e. The number of carbonyl (C=O) groups excluding carboxylic acids is 2. The van der Waals surface area contributed by atoms with Crippen LogP contribution < -0.4 is 0 Å². The van der Waals surface area contributed by atoms with E-state index in [2.05, 4.69) is 13.5 Å². The van der Waals surface area contributed by atoms with Crippen molar-refractivity contribution in [2.45, 2.75) is 58.3 Å². The minimum atomic E-state index is -0.341. The van der Waals surface area contributed by atoms with Crippen LogP contribution in [0.5, 0.6) is 0 Å². The Morgan fingerprint density at radius 3 is 2.86 bits per heavy atom. The fraction of sp³-hybridized carbons (Fsp3) is 0.778. The number of carbonyl (C=O) groups is 2. The third kappa shape index (κ3) is 2.16. The number of methoxy groups -OCH3 is 1. The summed E-state index contributed by atoms with van der Waals surface area (Å²) >= 11 is 0. The fourth-order valence-corrected chi connectivity index (χ4v) is 5.41. The van der Waals surface area contributed by atoms with Crippen LogP contribution in [0.25, 0.3) is 0 Å². The van der Waals surface area contributed by atoms with Gasteiger partial charge in [-0.05, 0) is 55.8 Å². The van der Waals surface area contributed by atoms with E-state index < -0.39 is 0 Å². The van der Waals surface area contributed by atoms with Crippen LogP contribution in [0.4, 0.5) is 0 Å². The summed E-state index contributed by atoms with van der Waals surface area (Å²) in [6.45, 7) is 6.38.